The van der Waals surface area contributed by atoms with Crippen LogP contribution in [0.5, 0.6) is 0 Å². The van der Waals surface area contributed by atoms with E-state index in [9.17, 15) is 0 Å². The van der Waals surface area contributed by atoms with Crippen molar-refractivity contribution in [1.29, 1.82) is 0 Å². The van der Waals surface area contributed by atoms with Crippen molar-refractivity contribution < 1.29 is 0 Å². The summed E-state index contributed by atoms with van der Waals surface area (Å²) in [6, 6.07) is 10.3. The molecular weight excluding hydrogens is 120 g/mol. The summed E-state index contributed by atoms with van der Waals surface area (Å²) in [5.41, 5.74) is 1.32. The van der Waals surface area contributed by atoms with E-state index < -0.39 is 0 Å². The number of hydrogen-bond donors (Lipinski definition) is 0. The maximum atomic E-state index is 2.08. The lowest BCUT2D eigenvalue weighted by molar-refractivity contribution is 1.48. The zero-order valence-corrected chi connectivity index (χ0v) is 5.61. The highest BCUT2D eigenvalue weighted by Crippen LogP contribution is 1.92. The quantitative estimate of drug-likeness (QED) is 0.504. The Kier molecular flexibility index (Phi) is 3.29. The van der Waals surface area contributed by atoms with E-state index in [1.807, 2.05) is 18.2 Å². The van der Waals surface area contributed by atoms with Gasteiger partial charge in [0.2, 0.25) is 0 Å². The molecule has 0 saturated carbocycles. The zero-order chi connectivity index (χ0) is 5.11. The van der Waals surface area contributed by atoms with Crippen LogP contribution in [0, 0.1) is 6.92 Å². The SMILES string of the molecule is Cc1ccccc1.Cl. The van der Waals surface area contributed by atoms with Crippen molar-refractivity contribution in [2.45, 2.75) is 6.92 Å². The minimum absolute atomic E-state index is 0. The zero-order valence-electron chi connectivity index (χ0n) is 4.79. The smallest absolute Gasteiger partial charge is 0.0398 e. The average molecular weight is 129 g/mol. The van der Waals surface area contributed by atoms with Gasteiger partial charge in [0.25, 0.3) is 0 Å². The van der Waals surface area contributed by atoms with Gasteiger partial charge in [-0.1, -0.05) is 35.9 Å². The van der Waals surface area contributed by atoms with Crippen molar-refractivity contribution in [3.63, 3.8) is 0 Å². The lowest BCUT2D eigenvalue weighted by Gasteiger charge is -1.82. The fraction of sp³-hybridized carbons (Fsp3) is 0.143. The molecule has 1 aromatic rings. The fourth-order valence-corrected chi connectivity index (χ4v) is 0.534. The fourth-order valence-electron chi connectivity index (χ4n) is 0.534. The summed E-state index contributed by atoms with van der Waals surface area (Å²) < 4.78 is 0. The standard InChI is InChI=1S/C7H8.ClH/c1-7-5-3-2-4-6-7;/h2-6H,1H3;1H. The van der Waals surface area contributed by atoms with E-state index in [1.165, 1.54) is 5.56 Å². The molecule has 0 aliphatic rings. The summed E-state index contributed by atoms with van der Waals surface area (Å²) in [7, 11) is 0. The lowest BCUT2D eigenvalue weighted by Crippen LogP contribution is -1.62. The Bertz CT molecular complexity index is 134. The molecule has 0 spiro atoms. The van der Waals surface area contributed by atoms with E-state index in [-0.39, 0.29) is 12.4 Å². The topological polar surface area (TPSA) is 0 Å². The van der Waals surface area contributed by atoms with Gasteiger partial charge in [-0.05, 0) is 6.92 Å². The van der Waals surface area contributed by atoms with Gasteiger partial charge in [0.05, 0.1) is 0 Å². The molecule has 0 radical (unpaired) electrons. The first-order chi connectivity index (χ1) is 3.39. The number of halogens is 1. The molecule has 0 aliphatic heterocycles. The van der Waals surface area contributed by atoms with Crippen molar-refractivity contribution in [1.82, 2.24) is 0 Å². The molecule has 0 heterocycles. The molecule has 0 bridgehead atoms. The molecule has 0 aliphatic carbocycles. The van der Waals surface area contributed by atoms with Crippen molar-refractivity contribution in [2.75, 3.05) is 0 Å². The van der Waals surface area contributed by atoms with Crippen molar-refractivity contribution >= 4 is 12.4 Å². The van der Waals surface area contributed by atoms with Crippen LogP contribution < -0.4 is 0 Å². The Morgan fingerprint density at radius 2 is 1.50 bits per heavy atom. The monoisotopic (exact) mass is 128 g/mol. The minimum Gasteiger partial charge on any atom is -0.147 e. The highest BCUT2D eigenvalue weighted by Gasteiger charge is 1.72. The molecule has 0 atom stereocenters. The van der Waals surface area contributed by atoms with Crippen LogP contribution in [0.3, 0.4) is 0 Å². The van der Waals surface area contributed by atoms with E-state index in [0.717, 1.165) is 0 Å². The maximum Gasteiger partial charge on any atom is -0.0398 e. The van der Waals surface area contributed by atoms with Crippen LogP contribution >= 0.6 is 12.4 Å². The van der Waals surface area contributed by atoms with E-state index in [2.05, 4.69) is 19.1 Å². The summed E-state index contributed by atoms with van der Waals surface area (Å²) in [6.45, 7) is 2.08. The van der Waals surface area contributed by atoms with E-state index in [1.54, 1.807) is 0 Å². The summed E-state index contributed by atoms with van der Waals surface area (Å²) in [5, 5.41) is 0. The highest BCUT2D eigenvalue weighted by atomic mass is 35.5. The Hall–Kier alpha value is -0.490. The highest BCUT2D eigenvalue weighted by molar-refractivity contribution is 5.85. The molecule has 0 amide bonds. The average Bonchev–Trinajstić information content (AvgIpc) is 1.69. The second kappa shape index (κ2) is 3.50. The largest absolute Gasteiger partial charge is 0.147 e. The van der Waals surface area contributed by atoms with Gasteiger partial charge in [0.1, 0.15) is 0 Å². The van der Waals surface area contributed by atoms with E-state index >= 15 is 0 Å². The molecule has 1 rings (SSSR count). The Balaban J connectivity index is 0.000000490. The summed E-state index contributed by atoms with van der Waals surface area (Å²) in [5.74, 6) is 0. The second-order valence-electron chi connectivity index (χ2n) is 1.65. The molecular formula is C7H9Cl. The second-order valence-corrected chi connectivity index (χ2v) is 1.65. The van der Waals surface area contributed by atoms with Gasteiger partial charge in [0, 0.05) is 0 Å². The first kappa shape index (κ1) is 7.51. The van der Waals surface area contributed by atoms with Gasteiger partial charge in [-0.15, -0.1) is 12.4 Å². The van der Waals surface area contributed by atoms with Crippen molar-refractivity contribution in [2.24, 2.45) is 0 Å². The van der Waals surface area contributed by atoms with Crippen LogP contribution in [0.2, 0.25) is 0 Å². The number of hydrogen-bond acceptors (Lipinski definition) is 0. The van der Waals surface area contributed by atoms with Gasteiger partial charge >= 0.3 is 0 Å². The molecule has 1 aromatic carbocycles. The predicted octanol–water partition coefficient (Wildman–Crippen LogP) is 2.42. The van der Waals surface area contributed by atoms with Gasteiger partial charge in [0.15, 0.2) is 0 Å². The first-order valence-corrected chi connectivity index (χ1v) is 2.41. The van der Waals surface area contributed by atoms with Crippen molar-refractivity contribution in [3.8, 4) is 0 Å². The Morgan fingerprint density at radius 3 is 1.75 bits per heavy atom. The molecule has 0 unspecified atom stereocenters. The van der Waals surface area contributed by atoms with E-state index in [0.29, 0.717) is 0 Å². The molecule has 0 fully saturated rings. The third-order valence-electron chi connectivity index (χ3n) is 0.940. The van der Waals surface area contributed by atoms with E-state index in [4.69, 9.17) is 0 Å². The van der Waals surface area contributed by atoms with Crippen LogP contribution in [-0.4, -0.2) is 0 Å². The van der Waals surface area contributed by atoms with Crippen molar-refractivity contribution in [3.05, 3.63) is 35.9 Å². The Labute approximate surface area is 55.9 Å². The third kappa shape index (κ3) is 1.99. The van der Waals surface area contributed by atoms with Gasteiger partial charge in [-0.3, -0.25) is 0 Å². The number of benzene rings is 1. The minimum atomic E-state index is 0. The molecule has 0 N–H and O–H groups in total. The van der Waals surface area contributed by atoms with Crippen LogP contribution in [0.1, 0.15) is 5.56 Å². The normalized spacial score (nSPS) is 7.62. The Morgan fingerprint density at radius 1 is 1.00 bits per heavy atom. The molecule has 0 saturated heterocycles. The first-order valence-electron chi connectivity index (χ1n) is 2.41. The molecule has 8 heavy (non-hydrogen) atoms. The van der Waals surface area contributed by atoms with Crippen LogP contribution in [-0.2, 0) is 0 Å². The van der Waals surface area contributed by atoms with Crippen LogP contribution in [0.4, 0.5) is 0 Å². The van der Waals surface area contributed by atoms with Gasteiger partial charge < -0.3 is 0 Å². The molecule has 44 valence electrons. The summed E-state index contributed by atoms with van der Waals surface area (Å²) in [4.78, 5) is 0. The van der Waals surface area contributed by atoms with Crippen LogP contribution in [0.25, 0.3) is 0 Å². The number of rotatable bonds is 0. The lowest BCUT2D eigenvalue weighted by atomic mass is 10.2. The molecule has 0 nitrogen and oxygen atoms in total. The molecule has 0 aromatic heterocycles. The van der Waals surface area contributed by atoms with Crippen LogP contribution in [0.15, 0.2) is 30.3 Å². The summed E-state index contributed by atoms with van der Waals surface area (Å²) in [6.07, 6.45) is 0. The maximum absolute atomic E-state index is 2.08. The molecule has 1 heteroatoms. The number of aryl methyl sites for hydroxylation is 1. The van der Waals surface area contributed by atoms with Gasteiger partial charge in [-0.25, -0.2) is 0 Å². The third-order valence-corrected chi connectivity index (χ3v) is 0.940. The summed E-state index contributed by atoms with van der Waals surface area (Å²) >= 11 is 0. The predicted molar refractivity (Wildman–Crippen MR) is 38.4 cm³/mol. The van der Waals surface area contributed by atoms with Gasteiger partial charge in [-0.2, -0.15) is 0 Å².